The molecule has 39 heavy (non-hydrogen) atoms. The molecule has 1 aliphatic rings. The molecule has 5 aromatic rings. The number of pyridine rings is 3. The monoisotopic (exact) mass is 543 g/mol. The van der Waals surface area contributed by atoms with Gasteiger partial charge >= 0.3 is 0 Å². The van der Waals surface area contributed by atoms with E-state index in [1.54, 1.807) is 21.5 Å². The SMILES string of the molecule is CCn1c(=O)c2cc(C)cc(C(C)Nc3ccc(Cl)nc3N3CCOCC3)c2c2cnn(-c3ccccn3)c21. The number of nitrogens with zero attached hydrogens (tertiary/aromatic N) is 6. The Morgan fingerprint density at radius 2 is 1.95 bits per heavy atom. The molecule has 1 N–H and O–H groups in total. The summed E-state index contributed by atoms with van der Waals surface area (Å²) in [6.07, 6.45) is 3.57. The average molecular weight is 544 g/mol. The van der Waals surface area contributed by atoms with Gasteiger partial charge < -0.3 is 15.0 Å². The van der Waals surface area contributed by atoms with Crippen molar-refractivity contribution in [3.8, 4) is 5.82 Å². The van der Waals surface area contributed by atoms with Crippen molar-refractivity contribution in [3.05, 3.63) is 81.5 Å². The Bertz CT molecular complexity index is 1730. The fraction of sp³-hybridized carbons (Fsp3) is 0.310. The van der Waals surface area contributed by atoms with Gasteiger partial charge in [0.1, 0.15) is 10.8 Å². The molecule has 1 aromatic carbocycles. The summed E-state index contributed by atoms with van der Waals surface area (Å²) in [5.74, 6) is 1.46. The van der Waals surface area contributed by atoms with E-state index in [-0.39, 0.29) is 11.6 Å². The van der Waals surface area contributed by atoms with Crippen LogP contribution in [0.3, 0.4) is 0 Å². The molecular formula is C29H30ClN7O2. The van der Waals surface area contributed by atoms with Crippen LogP contribution in [-0.4, -0.2) is 50.6 Å². The predicted molar refractivity (Wildman–Crippen MR) is 155 cm³/mol. The van der Waals surface area contributed by atoms with Crippen LogP contribution >= 0.6 is 11.6 Å². The molecule has 6 rings (SSSR count). The van der Waals surface area contributed by atoms with Crippen molar-refractivity contribution in [2.24, 2.45) is 0 Å². The minimum atomic E-state index is -0.145. The van der Waals surface area contributed by atoms with Crippen LogP contribution in [0.2, 0.25) is 5.15 Å². The maximum absolute atomic E-state index is 13.9. The van der Waals surface area contributed by atoms with Gasteiger partial charge in [0.25, 0.3) is 5.56 Å². The zero-order chi connectivity index (χ0) is 27.1. The van der Waals surface area contributed by atoms with Gasteiger partial charge in [-0.2, -0.15) is 9.78 Å². The van der Waals surface area contributed by atoms with Gasteiger partial charge in [0.15, 0.2) is 11.6 Å². The highest BCUT2D eigenvalue weighted by Gasteiger charge is 2.23. The molecule has 200 valence electrons. The van der Waals surface area contributed by atoms with Crippen LogP contribution in [0.1, 0.15) is 31.0 Å². The van der Waals surface area contributed by atoms with E-state index >= 15 is 0 Å². The normalized spacial score (nSPS) is 14.7. The molecule has 4 aromatic heterocycles. The Morgan fingerprint density at radius 3 is 2.69 bits per heavy atom. The smallest absolute Gasteiger partial charge is 0.260 e. The second-order valence-corrected chi connectivity index (χ2v) is 10.2. The molecule has 0 aliphatic carbocycles. The minimum absolute atomic E-state index is 0.0444. The van der Waals surface area contributed by atoms with Gasteiger partial charge in [-0.15, -0.1) is 0 Å². The van der Waals surface area contributed by atoms with Crippen LogP contribution in [0.25, 0.3) is 27.6 Å². The quantitative estimate of drug-likeness (QED) is 0.297. The van der Waals surface area contributed by atoms with Gasteiger partial charge in [-0.1, -0.05) is 23.7 Å². The lowest BCUT2D eigenvalue weighted by atomic mass is 9.95. The molecule has 1 fully saturated rings. The Kier molecular flexibility index (Phi) is 6.70. The molecule has 1 atom stereocenters. The number of aryl methyl sites for hydroxylation is 2. The number of ether oxygens (including phenoxy) is 1. The number of rotatable bonds is 6. The second kappa shape index (κ2) is 10.3. The molecule has 10 heteroatoms. The van der Waals surface area contributed by atoms with Crippen LogP contribution in [0.5, 0.6) is 0 Å². The first-order chi connectivity index (χ1) is 19.0. The van der Waals surface area contributed by atoms with Crippen LogP contribution in [0.4, 0.5) is 11.5 Å². The first-order valence-electron chi connectivity index (χ1n) is 13.2. The molecule has 0 radical (unpaired) electrons. The topological polar surface area (TPSA) is 90.1 Å². The van der Waals surface area contributed by atoms with Crippen LogP contribution in [-0.2, 0) is 11.3 Å². The van der Waals surface area contributed by atoms with E-state index < -0.39 is 0 Å². The molecule has 0 amide bonds. The molecule has 0 saturated carbocycles. The first-order valence-corrected chi connectivity index (χ1v) is 13.6. The van der Waals surface area contributed by atoms with Gasteiger partial charge in [-0.25, -0.2) is 9.97 Å². The molecule has 0 spiro atoms. The maximum atomic E-state index is 13.9. The molecule has 1 unspecified atom stereocenters. The van der Waals surface area contributed by atoms with Gasteiger partial charge in [0.05, 0.1) is 25.1 Å². The van der Waals surface area contributed by atoms with Crippen LogP contribution < -0.4 is 15.8 Å². The first kappa shape index (κ1) is 25.3. The molecule has 0 bridgehead atoms. The number of hydrogen-bond donors (Lipinski definition) is 1. The zero-order valence-electron chi connectivity index (χ0n) is 22.2. The van der Waals surface area contributed by atoms with Gasteiger partial charge in [-0.05, 0) is 62.2 Å². The number of hydrogen-bond acceptors (Lipinski definition) is 7. The van der Waals surface area contributed by atoms with Gasteiger partial charge in [-0.3, -0.25) is 9.36 Å². The van der Waals surface area contributed by atoms with E-state index in [9.17, 15) is 4.79 Å². The van der Waals surface area contributed by atoms with Gasteiger partial charge in [0, 0.05) is 48.0 Å². The number of nitrogens with one attached hydrogen (secondary N) is 1. The Hall–Kier alpha value is -3.95. The third-order valence-electron chi connectivity index (χ3n) is 7.23. The Balaban J connectivity index is 1.53. The van der Waals surface area contributed by atoms with Crippen molar-refractivity contribution in [2.45, 2.75) is 33.4 Å². The van der Waals surface area contributed by atoms with E-state index in [1.165, 1.54) is 0 Å². The lowest BCUT2D eigenvalue weighted by molar-refractivity contribution is 0.122. The summed E-state index contributed by atoms with van der Waals surface area (Å²) in [6.45, 7) is 9.40. The number of fused-ring (bicyclic) bond motifs is 3. The minimum Gasteiger partial charge on any atom is -0.378 e. The summed E-state index contributed by atoms with van der Waals surface area (Å²) in [4.78, 5) is 25.2. The van der Waals surface area contributed by atoms with Crippen LogP contribution in [0, 0.1) is 6.92 Å². The largest absolute Gasteiger partial charge is 0.378 e. The number of anilines is 2. The zero-order valence-corrected chi connectivity index (χ0v) is 22.9. The molecule has 1 saturated heterocycles. The highest BCUT2D eigenvalue weighted by molar-refractivity contribution is 6.29. The number of halogens is 1. The Labute approximate surface area is 231 Å². The highest BCUT2D eigenvalue weighted by atomic mass is 35.5. The van der Waals surface area contributed by atoms with E-state index in [0.717, 1.165) is 52.1 Å². The van der Waals surface area contributed by atoms with E-state index in [1.807, 2.05) is 50.4 Å². The molecule has 9 nitrogen and oxygen atoms in total. The number of benzene rings is 1. The number of aromatic nitrogens is 5. The lowest BCUT2D eigenvalue weighted by Gasteiger charge is -2.30. The summed E-state index contributed by atoms with van der Waals surface area (Å²) in [7, 11) is 0. The van der Waals surface area contributed by atoms with E-state index in [4.69, 9.17) is 16.3 Å². The highest BCUT2D eigenvalue weighted by Crippen LogP contribution is 2.35. The van der Waals surface area contributed by atoms with Crippen molar-refractivity contribution in [2.75, 3.05) is 36.5 Å². The van der Waals surface area contributed by atoms with Crippen molar-refractivity contribution in [3.63, 3.8) is 0 Å². The third-order valence-corrected chi connectivity index (χ3v) is 7.44. The number of morpholine rings is 1. The Morgan fingerprint density at radius 1 is 1.13 bits per heavy atom. The lowest BCUT2D eigenvalue weighted by Crippen LogP contribution is -2.37. The van der Waals surface area contributed by atoms with Gasteiger partial charge in [0.2, 0.25) is 0 Å². The average Bonchev–Trinajstić information content (AvgIpc) is 3.39. The van der Waals surface area contributed by atoms with Crippen LogP contribution in [0.15, 0.2) is 59.7 Å². The summed E-state index contributed by atoms with van der Waals surface area (Å²) in [6, 6.07) is 13.4. The van der Waals surface area contributed by atoms with Crippen molar-refractivity contribution in [1.82, 2.24) is 24.3 Å². The summed E-state index contributed by atoms with van der Waals surface area (Å²) < 4.78 is 9.07. The van der Waals surface area contributed by atoms with E-state index in [2.05, 4.69) is 38.3 Å². The van der Waals surface area contributed by atoms with Crippen molar-refractivity contribution in [1.29, 1.82) is 0 Å². The standard InChI is InChI=1S/C29H30ClN7O2/c1-4-36-28-22(17-32-37(28)25-7-5-6-10-31-25)26-20(15-18(2)16-21(26)29(36)38)19(3)33-23-8-9-24(30)34-27(23)35-11-13-39-14-12-35/h5-10,15-17,19,33H,4,11-14H2,1-3H3. The summed E-state index contributed by atoms with van der Waals surface area (Å²) >= 11 is 6.30. The third kappa shape index (κ3) is 4.51. The van der Waals surface area contributed by atoms with E-state index in [0.29, 0.717) is 36.1 Å². The molecule has 5 heterocycles. The predicted octanol–water partition coefficient (Wildman–Crippen LogP) is 5.12. The van der Waals surface area contributed by atoms with Crippen molar-refractivity contribution >= 4 is 44.9 Å². The fourth-order valence-corrected chi connectivity index (χ4v) is 5.59. The molecule has 1 aliphatic heterocycles. The molecular weight excluding hydrogens is 514 g/mol. The fourth-order valence-electron chi connectivity index (χ4n) is 5.45. The second-order valence-electron chi connectivity index (χ2n) is 9.78. The maximum Gasteiger partial charge on any atom is 0.260 e. The summed E-state index contributed by atoms with van der Waals surface area (Å²) in [5.41, 5.74) is 3.60. The van der Waals surface area contributed by atoms with Crippen molar-refractivity contribution < 1.29 is 4.74 Å². The summed E-state index contributed by atoms with van der Waals surface area (Å²) in [5, 5.41) is 11.3.